The van der Waals surface area contributed by atoms with Crippen LogP contribution in [0.15, 0.2) is 35.5 Å². The Hall–Kier alpha value is -0.780. The molecule has 0 heterocycles. The Morgan fingerprint density at radius 3 is 2.65 bits per heavy atom. The van der Waals surface area contributed by atoms with Gasteiger partial charge in [0.1, 0.15) is 0 Å². The van der Waals surface area contributed by atoms with E-state index in [-0.39, 0.29) is 0 Å². The highest BCUT2D eigenvalue weighted by Gasteiger charge is 2.55. The Morgan fingerprint density at radius 1 is 1.20 bits per heavy atom. The van der Waals surface area contributed by atoms with Crippen molar-refractivity contribution in [3.63, 3.8) is 0 Å². The summed E-state index contributed by atoms with van der Waals surface area (Å²) in [6, 6.07) is 0. The van der Waals surface area contributed by atoms with Crippen LogP contribution < -0.4 is 0 Å². The summed E-state index contributed by atoms with van der Waals surface area (Å²) < 4.78 is 0. The van der Waals surface area contributed by atoms with E-state index < -0.39 is 0 Å². The standard InChI is InChI=1S/C20H30/c1-6-16-15(3)9-10-18-19(4)12-7-8-14(2)17(19)11-13-20(16,18)5/h6,8,17-18H,1,7,9-13H2,2-5H3/t17-,18+,19-,20-/m0/s1. The zero-order valence-electron chi connectivity index (χ0n) is 13.8. The highest BCUT2D eigenvalue weighted by molar-refractivity contribution is 5.36. The maximum absolute atomic E-state index is 4.14. The van der Waals surface area contributed by atoms with Gasteiger partial charge in [-0.15, -0.1) is 0 Å². The average molecular weight is 270 g/mol. The first kappa shape index (κ1) is 14.2. The minimum absolute atomic E-state index is 0.382. The van der Waals surface area contributed by atoms with Crippen molar-refractivity contribution in [2.45, 2.75) is 66.2 Å². The van der Waals surface area contributed by atoms with Gasteiger partial charge in [-0.2, -0.15) is 0 Å². The summed E-state index contributed by atoms with van der Waals surface area (Å²) >= 11 is 0. The molecule has 0 nitrogen and oxygen atoms in total. The van der Waals surface area contributed by atoms with E-state index in [1.54, 1.807) is 16.7 Å². The number of hydrogen-bond donors (Lipinski definition) is 0. The third-order valence-corrected chi connectivity index (χ3v) is 7.10. The first-order valence-electron chi connectivity index (χ1n) is 8.43. The molecule has 0 aromatic heterocycles. The van der Waals surface area contributed by atoms with Crippen LogP contribution in [0.5, 0.6) is 0 Å². The average Bonchev–Trinajstić information content (AvgIpc) is 2.37. The summed E-state index contributed by atoms with van der Waals surface area (Å²) in [5.41, 5.74) is 5.75. The molecular weight excluding hydrogens is 240 g/mol. The van der Waals surface area contributed by atoms with E-state index in [2.05, 4.69) is 46.4 Å². The Kier molecular flexibility index (Phi) is 3.27. The summed E-state index contributed by atoms with van der Waals surface area (Å²) in [5.74, 6) is 1.67. The van der Waals surface area contributed by atoms with Gasteiger partial charge in [-0.25, -0.2) is 0 Å². The fraction of sp³-hybridized carbons (Fsp3) is 0.700. The van der Waals surface area contributed by atoms with Crippen LogP contribution in [0.25, 0.3) is 0 Å². The van der Waals surface area contributed by atoms with Gasteiger partial charge < -0.3 is 0 Å². The van der Waals surface area contributed by atoms with Crippen molar-refractivity contribution < 1.29 is 0 Å². The number of hydrogen-bond acceptors (Lipinski definition) is 0. The maximum Gasteiger partial charge on any atom is -0.00421 e. The molecule has 0 amide bonds. The minimum Gasteiger partial charge on any atom is -0.0988 e. The van der Waals surface area contributed by atoms with Crippen LogP contribution in [-0.2, 0) is 0 Å². The topological polar surface area (TPSA) is 0 Å². The van der Waals surface area contributed by atoms with E-state index in [0.29, 0.717) is 10.8 Å². The molecule has 0 spiro atoms. The normalized spacial score (nSPS) is 44.5. The molecule has 0 N–H and O–H groups in total. The molecule has 110 valence electrons. The second kappa shape index (κ2) is 4.61. The monoisotopic (exact) mass is 270 g/mol. The Bertz CT molecular complexity index is 492. The third-order valence-electron chi connectivity index (χ3n) is 7.10. The van der Waals surface area contributed by atoms with Crippen LogP contribution in [-0.4, -0.2) is 0 Å². The van der Waals surface area contributed by atoms with E-state index in [9.17, 15) is 0 Å². The van der Waals surface area contributed by atoms with Gasteiger partial charge in [0.25, 0.3) is 0 Å². The molecule has 0 aromatic carbocycles. The molecule has 0 saturated heterocycles. The molecule has 0 heteroatoms. The van der Waals surface area contributed by atoms with E-state index in [4.69, 9.17) is 0 Å². The fourth-order valence-electron chi connectivity index (χ4n) is 6.13. The van der Waals surface area contributed by atoms with Gasteiger partial charge >= 0.3 is 0 Å². The number of allylic oxidation sites excluding steroid dienone is 5. The van der Waals surface area contributed by atoms with Crippen molar-refractivity contribution in [1.29, 1.82) is 0 Å². The molecule has 1 saturated carbocycles. The van der Waals surface area contributed by atoms with Gasteiger partial charge in [0.2, 0.25) is 0 Å². The zero-order chi connectivity index (χ0) is 14.5. The van der Waals surface area contributed by atoms with Crippen LogP contribution in [0.4, 0.5) is 0 Å². The SMILES string of the molecule is C=CC1=C(C)CC[C@@H]2[C@@]3(C)CCC=C(C)[C@@H]3CC[C@@]12C. The second-order valence-electron chi connectivity index (χ2n) is 7.99. The molecule has 1 fully saturated rings. The van der Waals surface area contributed by atoms with Crippen molar-refractivity contribution >= 4 is 0 Å². The summed E-state index contributed by atoms with van der Waals surface area (Å²) in [6.45, 7) is 14.0. The molecule has 0 aromatic rings. The molecule has 0 bridgehead atoms. The largest absolute Gasteiger partial charge is 0.0988 e. The molecule has 0 aliphatic heterocycles. The minimum atomic E-state index is 0.382. The van der Waals surface area contributed by atoms with Crippen molar-refractivity contribution in [1.82, 2.24) is 0 Å². The molecular formula is C20H30. The Balaban J connectivity index is 2.07. The second-order valence-corrected chi connectivity index (χ2v) is 7.99. The van der Waals surface area contributed by atoms with Gasteiger partial charge in [0.05, 0.1) is 0 Å². The molecule has 3 rings (SSSR count). The molecule has 3 aliphatic rings. The highest BCUT2D eigenvalue weighted by Crippen LogP contribution is 2.65. The van der Waals surface area contributed by atoms with Crippen LogP contribution in [0.2, 0.25) is 0 Å². The number of fused-ring (bicyclic) bond motifs is 3. The lowest BCUT2D eigenvalue weighted by atomic mass is 9.44. The van der Waals surface area contributed by atoms with Crippen LogP contribution in [0.3, 0.4) is 0 Å². The summed E-state index contributed by atoms with van der Waals surface area (Å²) in [6.07, 6.45) is 12.8. The van der Waals surface area contributed by atoms with E-state index >= 15 is 0 Å². The third kappa shape index (κ3) is 1.73. The number of rotatable bonds is 1. The van der Waals surface area contributed by atoms with Crippen molar-refractivity contribution in [2.24, 2.45) is 22.7 Å². The smallest absolute Gasteiger partial charge is 0.00421 e. The van der Waals surface area contributed by atoms with Crippen LogP contribution in [0, 0.1) is 22.7 Å². The highest BCUT2D eigenvalue weighted by atomic mass is 14.6. The lowest BCUT2D eigenvalue weighted by Gasteiger charge is -2.60. The molecule has 4 atom stereocenters. The Labute approximate surface area is 125 Å². The van der Waals surface area contributed by atoms with Crippen molar-refractivity contribution in [3.05, 3.63) is 35.5 Å². The molecule has 0 unspecified atom stereocenters. The lowest BCUT2D eigenvalue weighted by molar-refractivity contribution is -0.0436. The zero-order valence-corrected chi connectivity index (χ0v) is 13.8. The predicted octanol–water partition coefficient (Wildman–Crippen LogP) is 6.06. The van der Waals surface area contributed by atoms with Gasteiger partial charge in [0, 0.05) is 0 Å². The summed E-state index contributed by atoms with van der Waals surface area (Å²) in [4.78, 5) is 0. The lowest BCUT2D eigenvalue weighted by Crippen LogP contribution is -2.52. The first-order chi connectivity index (χ1) is 9.43. The van der Waals surface area contributed by atoms with E-state index in [1.165, 1.54) is 38.5 Å². The summed E-state index contributed by atoms with van der Waals surface area (Å²) in [5, 5.41) is 0. The van der Waals surface area contributed by atoms with E-state index in [1.807, 2.05) is 0 Å². The summed E-state index contributed by atoms with van der Waals surface area (Å²) in [7, 11) is 0. The molecule has 0 radical (unpaired) electrons. The molecule has 3 aliphatic carbocycles. The van der Waals surface area contributed by atoms with Gasteiger partial charge in [0.15, 0.2) is 0 Å². The van der Waals surface area contributed by atoms with E-state index in [0.717, 1.165) is 11.8 Å². The maximum atomic E-state index is 4.14. The fourth-order valence-corrected chi connectivity index (χ4v) is 6.13. The molecule has 20 heavy (non-hydrogen) atoms. The van der Waals surface area contributed by atoms with Gasteiger partial charge in [-0.1, -0.05) is 43.7 Å². The van der Waals surface area contributed by atoms with Gasteiger partial charge in [-0.05, 0) is 80.6 Å². The predicted molar refractivity (Wildman–Crippen MR) is 87.6 cm³/mol. The van der Waals surface area contributed by atoms with Crippen LogP contribution in [0.1, 0.15) is 66.2 Å². The van der Waals surface area contributed by atoms with Crippen molar-refractivity contribution in [2.75, 3.05) is 0 Å². The van der Waals surface area contributed by atoms with Crippen molar-refractivity contribution in [3.8, 4) is 0 Å². The van der Waals surface area contributed by atoms with Crippen LogP contribution >= 0.6 is 0 Å². The quantitative estimate of drug-likeness (QED) is 0.508. The first-order valence-corrected chi connectivity index (χ1v) is 8.43. The van der Waals surface area contributed by atoms with Gasteiger partial charge in [-0.3, -0.25) is 0 Å². The Morgan fingerprint density at radius 2 is 1.95 bits per heavy atom.